The Labute approximate surface area is 66.0 Å². The molecule has 0 heterocycles. The van der Waals surface area contributed by atoms with Crippen LogP contribution >= 0.6 is 0 Å². The van der Waals surface area contributed by atoms with Crippen LogP contribution in [0, 0.1) is 16.7 Å². The Morgan fingerprint density at radius 3 is 2.73 bits per heavy atom. The highest BCUT2D eigenvalue weighted by molar-refractivity contribution is 5.70. The van der Waals surface area contributed by atoms with E-state index < -0.39 is 0 Å². The van der Waals surface area contributed by atoms with Crippen LogP contribution in [-0.4, -0.2) is 13.1 Å². The lowest BCUT2D eigenvalue weighted by Crippen LogP contribution is -2.09. The van der Waals surface area contributed by atoms with Crippen LogP contribution in [0.1, 0.15) is 25.7 Å². The second kappa shape index (κ2) is 2.91. The first-order valence-electron chi connectivity index (χ1n) is 3.66. The van der Waals surface area contributed by atoms with Crippen molar-refractivity contribution in [1.29, 1.82) is 5.26 Å². The van der Waals surface area contributed by atoms with Gasteiger partial charge in [-0.2, -0.15) is 5.26 Å². The molecule has 1 rings (SSSR count). The lowest BCUT2D eigenvalue weighted by molar-refractivity contribution is -0.142. The summed E-state index contributed by atoms with van der Waals surface area (Å²) in [6.07, 6.45) is 2.89. The second-order valence-electron chi connectivity index (χ2n) is 3.09. The topological polar surface area (TPSA) is 50.1 Å². The molecule has 1 saturated carbocycles. The van der Waals surface area contributed by atoms with E-state index in [1.54, 1.807) is 0 Å². The maximum Gasteiger partial charge on any atom is 0.306 e. The molecular weight excluding hydrogens is 142 g/mol. The maximum atomic E-state index is 10.8. The first kappa shape index (κ1) is 8.06. The first-order valence-corrected chi connectivity index (χ1v) is 3.66. The van der Waals surface area contributed by atoms with E-state index in [9.17, 15) is 4.79 Å². The van der Waals surface area contributed by atoms with Crippen molar-refractivity contribution in [2.45, 2.75) is 25.7 Å². The molecule has 0 amide bonds. The van der Waals surface area contributed by atoms with Crippen molar-refractivity contribution in [3.05, 3.63) is 0 Å². The summed E-state index contributed by atoms with van der Waals surface area (Å²) in [5.41, 5.74) is -0.0121. The van der Waals surface area contributed by atoms with Gasteiger partial charge in [0.2, 0.25) is 0 Å². The van der Waals surface area contributed by atoms with Gasteiger partial charge < -0.3 is 4.74 Å². The Bertz CT molecular complexity index is 201. The standard InChI is InChI=1S/C8H11NO2/c1-11-7(10)6-8(2-3-8)4-5-9/h2-4,6H2,1H3. The van der Waals surface area contributed by atoms with Crippen LogP contribution in [0.2, 0.25) is 0 Å². The summed E-state index contributed by atoms with van der Waals surface area (Å²) in [6.45, 7) is 0. The van der Waals surface area contributed by atoms with Crippen LogP contribution in [0.15, 0.2) is 0 Å². The average molecular weight is 153 g/mol. The number of ether oxygens (including phenoxy) is 1. The lowest BCUT2D eigenvalue weighted by atomic mass is 9.99. The Hall–Kier alpha value is -1.04. The monoisotopic (exact) mass is 153 g/mol. The molecule has 0 atom stereocenters. The summed E-state index contributed by atoms with van der Waals surface area (Å²) in [5, 5.41) is 8.43. The highest BCUT2D eigenvalue weighted by Gasteiger charge is 2.44. The van der Waals surface area contributed by atoms with Gasteiger partial charge in [-0.25, -0.2) is 0 Å². The zero-order valence-electron chi connectivity index (χ0n) is 6.59. The summed E-state index contributed by atoms with van der Waals surface area (Å²) >= 11 is 0. The molecule has 0 unspecified atom stereocenters. The number of rotatable bonds is 3. The third-order valence-corrected chi connectivity index (χ3v) is 2.16. The SMILES string of the molecule is COC(=O)CC1(CC#N)CC1. The molecular formula is C8H11NO2. The van der Waals surface area contributed by atoms with Gasteiger partial charge >= 0.3 is 5.97 Å². The average Bonchev–Trinajstić information content (AvgIpc) is 2.70. The zero-order valence-corrected chi connectivity index (χ0v) is 6.59. The van der Waals surface area contributed by atoms with Crippen molar-refractivity contribution < 1.29 is 9.53 Å². The van der Waals surface area contributed by atoms with E-state index in [2.05, 4.69) is 10.8 Å². The minimum absolute atomic E-state index is 0.0121. The number of nitrogens with zero attached hydrogens (tertiary/aromatic N) is 1. The zero-order chi connectivity index (χ0) is 8.32. The third-order valence-electron chi connectivity index (χ3n) is 2.16. The minimum atomic E-state index is -0.197. The van der Waals surface area contributed by atoms with Crippen molar-refractivity contribution in [1.82, 2.24) is 0 Å². The van der Waals surface area contributed by atoms with E-state index in [4.69, 9.17) is 5.26 Å². The van der Waals surface area contributed by atoms with Gasteiger partial charge in [-0.15, -0.1) is 0 Å². The molecule has 0 N–H and O–H groups in total. The van der Waals surface area contributed by atoms with E-state index in [0.29, 0.717) is 12.8 Å². The van der Waals surface area contributed by atoms with Crippen LogP contribution in [0.25, 0.3) is 0 Å². The first-order chi connectivity index (χ1) is 5.22. The molecule has 60 valence electrons. The molecule has 0 aromatic rings. The molecule has 0 aliphatic heterocycles. The molecule has 0 aromatic carbocycles. The summed E-state index contributed by atoms with van der Waals surface area (Å²) in [4.78, 5) is 10.8. The molecule has 3 nitrogen and oxygen atoms in total. The van der Waals surface area contributed by atoms with Crippen LogP contribution in [-0.2, 0) is 9.53 Å². The van der Waals surface area contributed by atoms with E-state index in [-0.39, 0.29) is 11.4 Å². The molecule has 3 heteroatoms. The summed E-state index contributed by atoms with van der Waals surface area (Å²) in [6, 6.07) is 2.09. The van der Waals surface area contributed by atoms with Gasteiger partial charge in [-0.1, -0.05) is 0 Å². The number of esters is 1. The molecule has 11 heavy (non-hydrogen) atoms. The summed E-state index contributed by atoms with van der Waals surface area (Å²) in [7, 11) is 1.38. The van der Waals surface area contributed by atoms with Gasteiger partial charge in [-0.3, -0.25) is 4.79 Å². The predicted octanol–water partition coefficient (Wildman–Crippen LogP) is 1.24. The fourth-order valence-electron chi connectivity index (χ4n) is 1.14. The number of hydrogen-bond donors (Lipinski definition) is 0. The normalized spacial score (nSPS) is 18.5. The van der Waals surface area contributed by atoms with E-state index in [1.165, 1.54) is 7.11 Å². The number of carbonyl (C=O) groups excluding carboxylic acids is 1. The number of hydrogen-bond acceptors (Lipinski definition) is 3. The number of carbonyl (C=O) groups is 1. The minimum Gasteiger partial charge on any atom is -0.469 e. The van der Waals surface area contributed by atoms with Crippen molar-refractivity contribution in [3.8, 4) is 6.07 Å². The fourth-order valence-corrected chi connectivity index (χ4v) is 1.14. The summed E-state index contributed by atoms with van der Waals surface area (Å²) < 4.78 is 4.52. The van der Waals surface area contributed by atoms with Gasteiger partial charge in [0.05, 0.1) is 19.6 Å². The fraction of sp³-hybridized carbons (Fsp3) is 0.750. The van der Waals surface area contributed by atoms with E-state index >= 15 is 0 Å². The maximum absolute atomic E-state index is 10.8. The number of methoxy groups -OCH3 is 1. The van der Waals surface area contributed by atoms with Crippen LogP contribution in [0.3, 0.4) is 0 Å². The Morgan fingerprint density at radius 2 is 2.36 bits per heavy atom. The molecule has 0 aromatic heterocycles. The molecule has 1 aliphatic rings. The smallest absolute Gasteiger partial charge is 0.306 e. The van der Waals surface area contributed by atoms with Crippen molar-refractivity contribution in [2.75, 3.05) is 7.11 Å². The highest BCUT2D eigenvalue weighted by atomic mass is 16.5. The van der Waals surface area contributed by atoms with Gasteiger partial charge in [-0.05, 0) is 18.3 Å². The van der Waals surface area contributed by atoms with Crippen molar-refractivity contribution in [3.63, 3.8) is 0 Å². The highest BCUT2D eigenvalue weighted by Crippen LogP contribution is 2.51. The van der Waals surface area contributed by atoms with Crippen molar-refractivity contribution >= 4 is 5.97 Å². The van der Waals surface area contributed by atoms with Gasteiger partial charge in [0.1, 0.15) is 0 Å². The van der Waals surface area contributed by atoms with Gasteiger partial charge in [0.15, 0.2) is 0 Å². The molecule has 0 radical (unpaired) electrons. The van der Waals surface area contributed by atoms with E-state index in [0.717, 1.165) is 12.8 Å². The van der Waals surface area contributed by atoms with Gasteiger partial charge in [0.25, 0.3) is 0 Å². The second-order valence-corrected chi connectivity index (χ2v) is 3.09. The lowest BCUT2D eigenvalue weighted by Gasteiger charge is -2.07. The molecule has 0 bridgehead atoms. The molecule has 0 spiro atoms. The Kier molecular flexibility index (Phi) is 2.13. The van der Waals surface area contributed by atoms with Crippen LogP contribution < -0.4 is 0 Å². The van der Waals surface area contributed by atoms with Crippen LogP contribution in [0.5, 0.6) is 0 Å². The van der Waals surface area contributed by atoms with Crippen molar-refractivity contribution in [2.24, 2.45) is 5.41 Å². The third kappa shape index (κ3) is 1.94. The quantitative estimate of drug-likeness (QED) is 0.573. The van der Waals surface area contributed by atoms with Gasteiger partial charge in [0, 0.05) is 6.42 Å². The van der Waals surface area contributed by atoms with E-state index in [1.807, 2.05) is 0 Å². The molecule has 1 fully saturated rings. The molecule has 1 aliphatic carbocycles. The van der Waals surface area contributed by atoms with Crippen LogP contribution in [0.4, 0.5) is 0 Å². The largest absolute Gasteiger partial charge is 0.469 e. The Morgan fingerprint density at radius 1 is 1.73 bits per heavy atom. The number of nitriles is 1. The Balaban J connectivity index is 2.36. The predicted molar refractivity (Wildman–Crippen MR) is 38.5 cm³/mol. The molecule has 0 saturated heterocycles. The summed E-state index contributed by atoms with van der Waals surface area (Å²) in [5.74, 6) is -0.197.